The van der Waals surface area contributed by atoms with E-state index in [0.717, 1.165) is 128 Å². The van der Waals surface area contributed by atoms with Crippen LogP contribution in [0.2, 0.25) is 0 Å². The molecule has 0 rings (SSSR count). The third-order valence-corrected chi connectivity index (χ3v) is 11.3. The van der Waals surface area contributed by atoms with Crippen LogP contribution < -0.4 is 0 Å². The summed E-state index contributed by atoms with van der Waals surface area (Å²) in [6.45, 7) is 6.33. The molecule has 0 aromatic rings. The number of carbonyl (C=O) groups excluding carboxylic acids is 3. The number of ether oxygens (including phenoxy) is 3. The molecule has 0 fully saturated rings. The van der Waals surface area contributed by atoms with E-state index in [1.54, 1.807) is 0 Å². The van der Waals surface area contributed by atoms with Gasteiger partial charge in [0, 0.05) is 19.3 Å². The van der Waals surface area contributed by atoms with Crippen LogP contribution in [0.25, 0.3) is 0 Å². The molecule has 0 spiro atoms. The van der Waals surface area contributed by atoms with Crippen LogP contribution in [-0.4, -0.2) is 37.2 Å². The highest BCUT2D eigenvalue weighted by atomic mass is 16.6. The molecule has 0 amide bonds. The maximum atomic E-state index is 12.7. The van der Waals surface area contributed by atoms with Gasteiger partial charge in [-0.2, -0.15) is 0 Å². The first-order valence-corrected chi connectivity index (χ1v) is 27.2. The molecule has 6 nitrogen and oxygen atoms in total. The third-order valence-electron chi connectivity index (χ3n) is 11.3. The van der Waals surface area contributed by atoms with Crippen molar-refractivity contribution in [2.45, 2.75) is 252 Å². The van der Waals surface area contributed by atoms with Crippen LogP contribution in [0.4, 0.5) is 0 Å². The monoisotopic (exact) mass is 917 g/mol. The van der Waals surface area contributed by atoms with E-state index in [1.807, 2.05) is 0 Å². The lowest BCUT2D eigenvalue weighted by Gasteiger charge is -2.18. The average molecular weight is 917 g/mol. The zero-order chi connectivity index (χ0) is 47.9. The molecule has 1 atom stereocenters. The molecule has 0 aromatic carbocycles. The molecule has 0 N–H and O–H groups in total. The summed E-state index contributed by atoms with van der Waals surface area (Å²) < 4.78 is 16.7. The fourth-order valence-corrected chi connectivity index (χ4v) is 7.31. The highest BCUT2D eigenvalue weighted by Crippen LogP contribution is 2.15. The van der Waals surface area contributed by atoms with Gasteiger partial charge in [0.05, 0.1) is 0 Å². The summed E-state index contributed by atoms with van der Waals surface area (Å²) in [6.07, 6.45) is 71.4. The van der Waals surface area contributed by atoms with Gasteiger partial charge in [-0.05, 0) is 96.3 Å². The molecule has 0 aromatic heterocycles. The van der Waals surface area contributed by atoms with E-state index in [0.29, 0.717) is 19.3 Å². The summed E-state index contributed by atoms with van der Waals surface area (Å²) in [5.74, 6) is -0.916. The van der Waals surface area contributed by atoms with Crippen molar-refractivity contribution in [1.82, 2.24) is 0 Å². The molecule has 66 heavy (non-hydrogen) atoms. The number of hydrogen-bond acceptors (Lipinski definition) is 6. The van der Waals surface area contributed by atoms with Gasteiger partial charge in [0.1, 0.15) is 13.2 Å². The predicted molar refractivity (Wildman–Crippen MR) is 284 cm³/mol. The highest BCUT2D eigenvalue weighted by molar-refractivity contribution is 5.71. The second-order valence-electron chi connectivity index (χ2n) is 17.7. The molecule has 1 unspecified atom stereocenters. The summed E-state index contributed by atoms with van der Waals surface area (Å²) >= 11 is 0. The van der Waals surface area contributed by atoms with Crippen LogP contribution >= 0.6 is 0 Å². The minimum Gasteiger partial charge on any atom is -0.462 e. The van der Waals surface area contributed by atoms with Crippen molar-refractivity contribution in [3.63, 3.8) is 0 Å². The lowest BCUT2D eigenvalue weighted by Crippen LogP contribution is -2.30. The Morgan fingerprint density at radius 2 is 0.591 bits per heavy atom. The van der Waals surface area contributed by atoms with Crippen LogP contribution in [0.5, 0.6) is 0 Å². The van der Waals surface area contributed by atoms with Gasteiger partial charge in [-0.1, -0.05) is 227 Å². The van der Waals surface area contributed by atoms with E-state index >= 15 is 0 Å². The maximum Gasteiger partial charge on any atom is 0.306 e. The van der Waals surface area contributed by atoms with Gasteiger partial charge in [0.15, 0.2) is 6.10 Å². The van der Waals surface area contributed by atoms with Gasteiger partial charge in [0.25, 0.3) is 0 Å². The lowest BCUT2D eigenvalue weighted by atomic mass is 10.0. The van der Waals surface area contributed by atoms with Crippen LogP contribution in [0.1, 0.15) is 245 Å². The first-order chi connectivity index (χ1) is 32.5. The zero-order valence-electron chi connectivity index (χ0n) is 42.9. The van der Waals surface area contributed by atoms with Crippen molar-refractivity contribution in [3.8, 4) is 0 Å². The van der Waals surface area contributed by atoms with E-state index in [1.165, 1.54) is 77.0 Å². The molecule has 0 saturated heterocycles. The van der Waals surface area contributed by atoms with Crippen LogP contribution in [0.15, 0.2) is 97.2 Å². The number of esters is 3. The Kier molecular flexibility index (Phi) is 50.9. The SMILES string of the molecule is CC/C=C\C/C=C\C/C=C\C/C=C\C/C=C\CCCCCCCCCCCCCC(=O)OCC(COC(=O)CCCCCCCC)OC(=O)CCCCCCC/C=C\C/C=C\C/C=C\CC. The van der Waals surface area contributed by atoms with Crippen molar-refractivity contribution < 1.29 is 28.6 Å². The van der Waals surface area contributed by atoms with Crippen molar-refractivity contribution in [2.24, 2.45) is 0 Å². The van der Waals surface area contributed by atoms with Crippen molar-refractivity contribution in [3.05, 3.63) is 97.2 Å². The molecule has 376 valence electrons. The molecule has 0 bridgehead atoms. The normalized spacial score (nSPS) is 12.8. The smallest absolute Gasteiger partial charge is 0.306 e. The summed E-state index contributed by atoms with van der Waals surface area (Å²) in [5.41, 5.74) is 0. The molecule has 0 radical (unpaired) electrons. The quantitative estimate of drug-likeness (QED) is 0.0262. The summed E-state index contributed by atoms with van der Waals surface area (Å²) in [6, 6.07) is 0. The van der Waals surface area contributed by atoms with Crippen molar-refractivity contribution in [1.29, 1.82) is 0 Å². The number of rotatable bonds is 48. The van der Waals surface area contributed by atoms with E-state index < -0.39 is 6.10 Å². The van der Waals surface area contributed by atoms with Crippen LogP contribution in [-0.2, 0) is 28.6 Å². The third kappa shape index (κ3) is 51.3. The van der Waals surface area contributed by atoms with Gasteiger partial charge < -0.3 is 14.2 Å². The van der Waals surface area contributed by atoms with E-state index in [4.69, 9.17) is 14.2 Å². The first kappa shape index (κ1) is 62.3. The van der Waals surface area contributed by atoms with E-state index in [2.05, 4.69) is 118 Å². The van der Waals surface area contributed by atoms with Gasteiger partial charge >= 0.3 is 17.9 Å². The minimum absolute atomic E-state index is 0.0853. The minimum atomic E-state index is -0.784. The Morgan fingerprint density at radius 3 is 0.924 bits per heavy atom. The molecular formula is C60H100O6. The second-order valence-corrected chi connectivity index (χ2v) is 17.7. The summed E-state index contributed by atoms with van der Waals surface area (Å²) in [4.78, 5) is 37.8. The van der Waals surface area contributed by atoms with Gasteiger partial charge in [-0.25, -0.2) is 0 Å². The number of hydrogen-bond donors (Lipinski definition) is 0. The Balaban J connectivity index is 4.14. The molecule has 0 heterocycles. The summed E-state index contributed by atoms with van der Waals surface area (Å²) in [5, 5.41) is 0. The zero-order valence-corrected chi connectivity index (χ0v) is 42.9. The predicted octanol–water partition coefficient (Wildman–Crippen LogP) is 18.1. The number of carbonyl (C=O) groups is 3. The molecule has 0 saturated carbocycles. The highest BCUT2D eigenvalue weighted by Gasteiger charge is 2.19. The molecule has 6 heteroatoms. The van der Waals surface area contributed by atoms with E-state index in [-0.39, 0.29) is 31.1 Å². The molecular weight excluding hydrogens is 817 g/mol. The average Bonchev–Trinajstić information content (AvgIpc) is 3.31. The Labute approximate surface area is 407 Å². The maximum absolute atomic E-state index is 12.7. The Morgan fingerprint density at radius 1 is 0.318 bits per heavy atom. The van der Waals surface area contributed by atoms with E-state index in [9.17, 15) is 14.4 Å². The largest absolute Gasteiger partial charge is 0.462 e. The topological polar surface area (TPSA) is 78.9 Å². The van der Waals surface area contributed by atoms with Gasteiger partial charge in [-0.3, -0.25) is 14.4 Å². The van der Waals surface area contributed by atoms with Crippen LogP contribution in [0.3, 0.4) is 0 Å². The lowest BCUT2D eigenvalue weighted by molar-refractivity contribution is -0.167. The molecule has 0 aliphatic carbocycles. The standard InChI is InChI=1S/C60H100O6/c1-4-7-10-13-16-18-20-22-24-25-26-27-28-29-30-31-32-33-34-35-37-38-40-42-44-47-50-53-59(62)65-56-57(55-64-58(61)52-49-46-15-12-9-6-3)66-60(63)54-51-48-45-43-41-39-36-23-21-19-17-14-11-8-5-2/h7-8,10-11,16-19,22-24,26-27,29-30,36,57H,4-6,9,12-15,20-21,25,28,31-35,37-56H2,1-3H3/b10-7-,11-8-,18-16-,19-17-,24-22-,27-26-,30-29-,36-23-. The molecule has 0 aliphatic heterocycles. The first-order valence-electron chi connectivity index (χ1n) is 27.2. The number of allylic oxidation sites excluding steroid dienone is 16. The Bertz CT molecular complexity index is 1330. The van der Waals surface area contributed by atoms with Gasteiger partial charge in [0.2, 0.25) is 0 Å². The van der Waals surface area contributed by atoms with Crippen molar-refractivity contribution in [2.75, 3.05) is 13.2 Å². The molecule has 0 aliphatic rings. The second kappa shape index (κ2) is 53.9. The van der Waals surface area contributed by atoms with Gasteiger partial charge in [-0.15, -0.1) is 0 Å². The summed E-state index contributed by atoms with van der Waals surface area (Å²) in [7, 11) is 0. The fraction of sp³-hybridized carbons (Fsp3) is 0.683. The van der Waals surface area contributed by atoms with Crippen LogP contribution in [0, 0.1) is 0 Å². The number of unbranched alkanes of at least 4 members (excludes halogenated alkanes) is 21. The van der Waals surface area contributed by atoms with Crippen molar-refractivity contribution >= 4 is 17.9 Å². The fourth-order valence-electron chi connectivity index (χ4n) is 7.31. The Hall–Kier alpha value is -3.67.